The average Bonchev–Trinajstić information content (AvgIpc) is 2.74. The summed E-state index contributed by atoms with van der Waals surface area (Å²) in [5, 5.41) is 11.0. The van der Waals surface area contributed by atoms with E-state index in [0.29, 0.717) is 0 Å². The Kier molecular flexibility index (Phi) is 3.60. The predicted octanol–water partition coefficient (Wildman–Crippen LogP) is 1.58. The fourth-order valence-electron chi connectivity index (χ4n) is 1.33. The van der Waals surface area contributed by atoms with Crippen LogP contribution in [0.25, 0.3) is 0 Å². The van der Waals surface area contributed by atoms with Crippen LogP contribution in [0.3, 0.4) is 0 Å². The highest BCUT2D eigenvalue weighted by molar-refractivity contribution is 14.1. The van der Waals surface area contributed by atoms with Gasteiger partial charge in [-0.05, 0) is 40.8 Å². The van der Waals surface area contributed by atoms with Gasteiger partial charge in [-0.2, -0.15) is 0 Å². The SMILES string of the molecule is Nc1ccc(NCCn2ccnn2)c(I)c1. The van der Waals surface area contributed by atoms with Gasteiger partial charge in [0.25, 0.3) is 0 Å². The van der Waals surface area contributed by atoms with Gasteiger partial charge >= 0.3 is 0 Å². The van der Waals surface area contributed by atoms with Crippen molar-refractivity contribution in [3.05, 3.63) is 34.2 Å². The van der Waals surface area contributed by atoms with E-state index < -0.39 is 0 Å². The number of hydrogen-bond acceptors (Lipinski definition) is 4. The normalized spacial score (nSPS) is 10.3. The second-order valence-corrected chi connectivity index (χ2v) is 4.49. The highest BCUT2D eigenvalue weighted by Crippen LogP contribution is 2.20. The molecule has 0 saturated carbocycles. The van der Waals surface area contributed by atoms with Crippen molar-refractivity contribution in [1.29, 1.82) is 0 Å². The molecule has 0 aliphatic carbocycles. The number of nitrogens with one attached hydrogen (secondary N) is 1. The van der Waals surface area contributed by atoms with Crippen molar-refractivity contribution >= 4 is 34.0 Å². The van der Waals surface area contributed by atoms with Crippen molar-refractivity contribution in [1.82, 2.24) is 15.0 Å². The molecule has 0 unspecified atom stereocenters. The molecule has 0 bridgehead atoms. The third-order valence-electron chi connectivity index (χ3n) is 2.12. The van der Waals surface area contributed by atoms with Crippen LogP contribution < -0.4 is 11.1 Å². The molecule has 1 aromatic carbocycles. The minimum atomic E-state index is 0.784. The molecular weight excluding hydrogens is 317 g/mol. The number of anilines is 2. The number of nitrogen functional groups attached to an aromatic ring is 1. The Morgan fingerprint density at radius 3 is 3.00 bits per heavy atom. The van der Waals surface area contributed by atoms with E-state index in [9.17, 15) is 0 Å². The molecule has 0 radical (unpaired) electrons. The van der Waals surface area contributed by atoms with Crippen LogP contribution in [-0.4, -0.2) is 21.5 Å². The molecule has 0 aliphatic rings. The fraction of sp³-hybridized carbons (Fsp3) is 0.200. The lowest BCUT2D eigenvalue weighted by atomic mass is 10.3. The maximum atomic E-state index is 5.68. The fourth-order valence-corrected chi connectivity index (χ4v) is 2.06. The lowest BCUT2D eigenvalue weighted by Crippen LogP contribution is -2.11. The summed E-state index contributed by atoms with van der Waals surface area (Å²) in [5.74, 6) is 0. The van der Waals surface area contributed by atoms with E-state index >= 15 is 0 Å². The Labute approximate surface area is 107 Å². The number of benzene rings is 1. The molecule has 0 saturated heterocycles. The minimum absolute atomic E-state index is 0.784. The van der Waals surface area contributed by atoms with Crippen LogP contribution in [0.4, 0.5) is 11.4 Å². The molecule has 0 aliphatic heterocycles. The zero-order chi connectivity index (χ0) is 11.4. The summed E-state index contributed by atoms with van der Waals surface area (Å²) in [6, 6.07) is 5.82. The molecule has 1 aromatic heterocycles. The summed E-state index contributed by atoms with van der Waals surface area (Å²) in [7, 11) is 0. The first-order valence-corrected chi connectivity index (χ1v) is 5.96. The second-order valence-electron chi connectivity index (χ2n) is 3.33. The van der Waals surface area contributed by atoms with Crippen LogP contribution in [0.2, 0.25) is 0 Å². The maximum Gasteiger partial charge on any atom is 0.0692 e. The van der Waals surface area contributed by atoms with E-state index in [0.717, 1.165) is 28.0 Å². The lowest BCUT2D eigenvalue weighted by Gasteiger charge is -2.08. The topological polar surface area (TPSA) is 68.8 Å². The summed E-state index contributed by atoms with van der Waals surface area (Å²) in [6.07, 6.45) is 3.52. The van der Waals surface area contributed by atoms with Gasteiger partial charge in [0.1, 0.15) is 0 Å². The van der Waals surface area contributed by atoms with Gasteiger partial charge in [-0.25, -0.2) is 0 Å². The van der Waals surface area contributed by atoms with E-state index in [4.69, 9.17) is 5.73 Å². The van der Waals surface area contributed by atoms with Crippen molar-refractivity contribution in [3.63, 3.8) is 0 Å². The molecule has 6 heteroatoms. The summed E-state index contributed by atoms with van der Waals surface area (Å²) in [6.45, 7) is 1.60. The zero-order valence-electron chi connectivity index (χ0n) is 8.60. The third kappa shape index (κ3) is 2.84. The van der Waals surface area contributed by atoms with Gasteiger partial charge in [-0.3, -0.25) is 4.68 Å². The zero-order valence-corrected chi connectivity index (χ0v) is 10.8. The number of nitrogens with zero attached hydrogens (tertiary/aromatic N) is 3. The summed E-state index contributed by atoms with van der Waals surface area (Å²) in [4.78, 5) is 0. The summed E-state index contributed by atoms with van der Waals surface area (Å²) < 4.78 is 2.91. The Morgan fingerprint density at radius 2 is 2.31 bits per heavy atom. The first-order valence-electron chi connectivity index (χ1n) is 4.89. The van der Waals surface area contributed by atoms with Gasteiger partial charge in [0.05, 0.1) is 12.7 Å². The monoisotopic (exact) mass is 329 g/mol. The summed E-state index contributed by atoms with van der Waals surface area (Å²) in [5.41, 5.74) is 7.55. The van der Waals surface area contributed by atoms with Crippen molar-refractivity contribution in [2.24, 2.45) is 0 Å². The lowest BCUT2D eigenvalue weighted by molar-refractivity contribution is 0.609. The molecule has 16 heavy (non-hydrogen) atoms. The Balaban J connectivity index is 1.90. The smallest absolute Gasteiger partial charge is 0.0692 e. The molecule has 2 aromatic rings. The van der Waals surface area contributed by atoms with Gasteiger partial charge < -0.3 is 11.1 Å². The van der Waals surface area contributed by atoms with E-state index in [1.807, 2.05) is 24.4 Å². The van der Waals surface area contributed by atoms with E-state index in [-0.39, 0.29) is 0 Å². The largest absolute Gasteiger partial charge is 0.399 e. The van der Waals surface area contributed by atoms with Gasteiger partial charge in [0.15, 0.2) is 0 Å². The average molecular weight is 329 g/mol. The number of rotatable bonds is 4. The first kappa shape index (κ1) is 11.2. The number of halogens is 1. The molecule has 0 atom stereocenters. The van der Waals surface area contributed by atoms with E-state index in [1.165, 1.54) is 0 Å². The van der Waals surface area contributed by atoms with Crippen LogP contribution in [0.15, 0.2) is 30.6 Å². The van der Waals surface area contributed by atoms with Crippen LogP contribution in [0.1, 0.15) is 0 Å². The molecular formula is C10H12IN5. The molecule has 1 heterocycles. The highest BCUT2D eigenvalue weighted by Gasteiger charge is 1.99. The van der Waals surface area contributed by atoms with Crippen LogP contribution in [-0.2, 0) is 6.54 Å². The van der Waals surface area contributed by atoms with Gasteiger partial charge in [0.2, 0.25) is 0 Å². The van der Waals surface area contributed by atoms with Crippen LogP contribution in [0, 0.1) is 3.57 Å². The van der Waals surface area contributed by atoms with Gasteiger partial charge in [-0.15, -0.1) is 5.10 Å². The maximum absolute atomic E-state index is 5.68. The first-order chi connectivity index (χ1) is 7.75. The molecule has 0 fully saturated rings. The Hall–Kier alpha value is -1.31. The van der Waals surface area contributed by atoms with Crippen LogP contribution >= 0.6 is 22.6 Å². The summed E-state index contributed by atoms with van der Waals surface area (Å²) >= 11 is 2.26. The van der Waals surface area contributed by atoms with Crippen molar-refractivity contribution < 1.29 is 0 Å². The quantitative estimate of drug-likeness (QED) is 0.660. The Bertz CT molecular complexity index is 454. The Morgan fingerprint density at radius 1 is 1.44 bits per heavy atom. The molecule has 3 N–H and O–H groups in total. The number of aromatic nitrogens is 3. The van der Waals surface area contributed by atoms with E-state index in [2.05, 4.69) is 38.2 Å². The molecule has 0 amide bonds. The van der Waals surface area contributed by atoms with Gasteiger partial charge in [-0.1, -0.05) is 5.21 Å². The molecule has 0 spiro atoms. The highest BCUT2D eigenvalue weighted by atomic mass is 127. The predicted molar refractivity (Wildman–Crippen MR) is 72.1 cm³/mol. The number of nitrogens with two attached hydrogens (primary N) is 1. The van der Waals surface area contributed by atoms with Crippen LogP contribution in [0.5, 0.6) is 0 Å². The second kappa shape index (κ2) is 5.15. The molecule has 2 rings (SSSR count). The van der Waals surface area contributed by atoms with Crippen molar-refractivity contribution in [2.45, 2.75) is 6.54 Å². The number of hydrogen-bond donors (Lipinski definition) is 2. The molecule has 5 nitrogen and oxygen atoms in total. The van der Waals surface area contributed by atoms with Crippen molar-refractivity contribution in [3.8, 4) is 0 Å². The minimum Gasteiger partial charge on any atom is -0.399 e. The van der Waals surface area contributed by atoms with Gasteiger partial charge in [0, 0.05) is 27.7 Å². The van der Waals surface area contributed by atoms with Crippen molar-refractivity contribution in [2.75, 3.05) is 17.6 Å². The molecule has 84 valence electrons. The standard InChI is InChI=1S/C10H12IN5/c11-9-7-8(12)1-2-10(9)13-3-5-16-6-4-14-15-16/h1-2,4,6-7,13H,3,5,12H2. The third-order valence-corrected chi connectivity index (χ3v) is 3.01. The van der Waals surface area contributed by atoms with E-state index in [1.54, 1.807) is 10.9 Å².